The third-order valence-corrected chi connectivity index (χ3v) is 6.28. The van der Waals surface area contributed by atoms with E-state index in [2.05, 4.69) is 15.5 Å². The summed E-state index contributed by atoms with van der Waals surface area (Å²) in [6, 6.07) is 10.5. The second-order valence-corrected chi connectivity index (χ2v) is 9.41. The van der Waals surface area contributed by atoms with E-state index in [1.54, 1.807) is 18.2 Å². The highest BCUT2D eigenvalue weighted by atomic mass is 35.5. The van der Waals surface area contributed by atoms with Crippen LogP contribution in [0.1, 0.15) is 12.8 Å². The Labute approximate surface area is 181 Å². The normalized spacial score (nSPS) is 11.4. The zero-order valence-electron chi connectivity index (χ0n) is 14.7. The molecule has 0 atom stereocenters. The Balaban J connectivity index is 1.55. The van der Waals surface area contributed by atoms with E-state index >= 15 is 0 Å². The number of anilines is 1. The van der Waals surface area contributed by atoms with Gasteiger partial charge in [0.15, 0.2) is 9.84 Å². The second kappa shape index (κ2) is 9.13. The molecule has 0 aliphatic carbocycles. The van der Waals surface area contributed by atoms with Crippen molar-refractivity contribution in [2.45, 2.75) is 17.7 Å². The van der Waals surface area contributed by atoms with Crippen LogP contribution in [0.5, 0.6) is 0 Å². The molecule has 0 spiro atoms. The van der Waals surface area contributed by atoms with Crippen molar-refractivity contribution in [3.05, 3.63) is 57.5 Å². The molecule has 1 amide bonds. The van der Waals surface area contributed by atoms with Crippen LogP contribution < -0.4 is 5.32 Å². The molecule has 0 aliphatic heterocycles. The molecular formula is C18H14Cl3N3O4S. The molecule has 1 aromatic heterocycles. The van der Waals surface area contributed by atoms with Crippen LogP contribution in [0.3, 0.4) is 0 Å². The molecule has 0 aliphatic rings. The molecule has 0 saturated carbocycles. The van der Waals surface area contributed by atoms with Crippen molar-refractivity contribution in [2.75, 3.05) is 11.1 Å². The van der Waals surface area contributed by atoms with Crippen LogP contribution >= 0.6 is 34.8 Å². The fourth-order valence-electron chi connectivity index (χ4n) is 2.43. The van der Waals surface area contributed by atoms with Gasteiger partial charge in [-0.15, -0.1) is 5.10 Å². The van der Waals surface area contributed by atoms with Gasteiger partial charge in [0.25, 0.3) is 0 Å². The molecular weight excluding hydrogens is 461 g/mol. The quantitative estimate of drug-likeness (QED) is 0.523. The lowest BCUT2D eigenvalue weighted by atomic mass is 10.2. The largest absolute Gasteiger partial charge is 0.403 e. The maximum absolute atomic E-state index is 12.3. The predicted octanol–water partition coefficient (Wildman–Crippen LogP) is 4.89. The molecule has 1 heterocycles. The molecule has 0 saturated heterocycles. The molecule has 3 aromatic rings. The lowest BCUT2D eigenvalue weighted by Crippen LogP contribution is -2.14. The van der Waals surface area contributed by atoms with Gasteiger partial charge < -0.3 is 4.42 Å². The Hall–Kier alpha value is -2.13. The fourth-order valence-corrected chi connectivity index (χ4v) is 4.39. The number of carbonyl (C=O) groups excluding carboxylic acids is 1. The van der Waals surface area contributed by atoms with Gasteiger partial charge in [0, 0.05) is 27.1 Å². The van der Waals surface area contributed by atoms with Crippen molar-refractivity contribution in [1.29, 1.82) is 0 Å². The number of hydrogen-bond acceptors (Lipinski definition) is 6. The average Bonchev–Trinajstić information content (AvgIpc) is 3.09. The summed E-state index contributed by atoms with van der Waals surface area (Å²) < 4.78 is 29.9. The number of halogens is 3. The van der Waals surface area contributed by atoms with Crippen LogP contribution in [0.15, 0.2) is 51.8 Å². The van der Waals surface area contributed by atoms with E-state index in [-0.39, 0.29) is 35.4 Å². The fraction of sp³-hybridized carbons (Fsp3) is 0.167. The molecule has 0 fully saturated rings. The molecule has 0 bridgehead atoms. The summed E-state index contributed by atoms with van der Waals surface area (Å²) in [6.45, 7) is 0. The number of sulfone groups is 1. The number of hydrogen-bond donors (Lipinski definition) is 1. The summed E-state index contributed by atoms with van der Waals surface area (Å²) in [5, 5.41) is 11.3. The van der Waals surface area contributed by atoms with Gasteiger partial charge in [0.2, 0.25) is 11.8 Å². The zero-order valence-corrected chi connectivity index (χ0v) is 17.8. The van der Waals surface area contributed by atoms with Gasteiger partial charge >= 0.3 is 6.01 Å². The molecule has 3 rings (SSSR count). The standard InChI is InChI=1S/C18H14Cl3N3O4S/c19-12-3-5-15(6-4-12)29(26,27)7-1-2-16(25)22-18-24-23-17(28-18)11-8-13(20)10-14(21)9-11/h3-6,8-10H,1-2,7H2,(H,22,24,25). The zero-order chi connectivity index (χ0) is 21.0. The number of rotatable bonds is 7. The van der Waals surface area contributed by atoms with E-state index < -0.39 is 15.7 Å². The highest BCUT2D eigenvalue weighted by molar-refractivity contribution is 7.91. The number of amides is 1. The number of nitrogens with one attached hydrogen (secondary N) is 1. The molecule has 152 valence electrons. The Bertz CT molecular complexity index is 1110. The molecule has 29 heavy (non-hydrogen) atoms. The van der Waals surface area contributed by atoms with Crippen molar-refractivity contribution < 1.29 is 17.6 Å². The Morgan fingerprint density at radius 1 is 0.966 bits per heavy atom. The summed E-state index contributed by atoms with van der Waals surface area (Å²) in [5.74, 6) is -0.497. The second-order valence-electron chi connectivity index (χ2n) is 6.00. The topological polar surface area (TPSA) is 102 Å². The van der Waals surface area contributed by atoms with E-state index in [0.717, 1.165) is 0 Å². The summed E-state index contributed by atoms with van der Waals surface area (Å²) in [4.78, 5) is 12.2. The van der Waals surface area contributed by atoms with Crippen molar-refractivity contribution in [2.24, 2.45) is 0 Å². The number of aromatic nitrogens is 2. The third kappa shape index (κ3) is 5.93. The van der Waals surface area contributed by atoms with Crippen LogP contribution in [-0.2, 0) is 14.6 Å². The van der Waals surface area contributed by atoms with Crippen molar-refractivity contribution in [1.82, 2.24) is 10.2 Å². The third-order valence-electron chi connectivity index (χ3n) is 3.77. The minimum atomic E-state index is -3.50. The van der Waals surface area contributed by atoms with Crippen molar-refractivity contribution in [3.8, 4) is 11.5 Å². The van der Waals surface area contributed by atoms with E-state index in [1.165, 1.54) is 24.3 Å². The van der Waals surface area contributed by atoms with Crippen LogP contribution in [0.25, 0.3) is 11.5 Å². The Morgan fingerprint density at radius 2 is 1.62 bits per heavy atom. The van der Waals surface area contributed by atoms with Crippen molar-refractivity contribution >= 4 is 56.6 Å². The SMILES string of the molecule is O=C(CCCS(=O)(=O)c1ccc(Cl)cc1)Nc1nnc(-c2cc(Cl)cc(Cl)c2)o1. The molecule has 11 heteroatoms. The molecule has 0 unspecified atom stereocenters. The van der Waals surface area contributed by atoms with E-state index in [0.29, 0.717) is 20.6 Å². The first kappa shape index (κ1) is 21.6. The van der Waals surface area contributed by atoms with Crippen LogP contribution in [0.2, 0.25) is 15.1 Å². The first-order chi connectivity index (χ1) is 13.7. The number of carbonyl (C=O) groups is 1. The summed E-state index contributed by atoms with van der Waals surface area (Å²) in [7, 11) is -3.50. The summed E-state index contributed by atoms with van der Waals surface area (Å²) in [6.07, 6.45) is 0.0925. The maximum Gasteiger partial charge on any atom is 0.322 e. The summed E-state index contributed by atoms with van der Waals surface area (Å²) >= 11 is 17.6. The van der Waals surface area contributed by atoms with Gasteiger partial charge in [-0.05, 0) is 48.9 Å². The lowest BCUT2D eigenvalue weighted by Gasteiger charge is -2.04. The van der Waals surface area contributed by atoms with Gasteiger partial charge in [-0.2, -0.15) is 0 Å². The first-order valence-electron chi connectivity index (χ1n) is 8.31. The van der Waals surface area contributed by atoms with Crippen LogP contribution in [0, 0.1) is 0 Å². The number of nitrogens with zero attached hydrogens (tertiary/aromatic N) is 2. The van der Waals surface area contributed by atoms with Crippen LogP contribution in [0.4, 0.5) is 6.01 Å². The van der Waals surface area contributed by atoms with Crippen molar-refractivity contribution in [3.63, 3.8) is 0 Å². The van der Waals surface area contributed by atoms with E-state index in [1.807, 2.05) is 0 Å². The highest BCUT2D eigenvalue weighted by Gasteiger charge is 2.16. The monoisotopic (exact) mass is 473 g/mol. The molecule has 0 radical (unpaired) electrons. The predicted molar refractivity (Wildman–Crippen MR) is 111 cm³/mol. The van der Waals surface area contributed by atoms with Gasteiger partial charge in [-0.1, -0.05) is 39.9 Å². The van der Waals surface area contributed by atoms with Crippen LogP contribution in [-0.4, -0.2) is 30.3 Å². The maximum atomic E-state index is 12.3. The van der Waals surface area contributed by atoms with Gasteiger partial charge in [0.1, 0.15) is 0 Å². The lowest BCUT2D eigenvalue weighted by molar-refractivity contribution is -0.116. The Kier molecular flexibility index (Phi) is 6.79. The highest BCUT2D eigenvalue weighted by Crippen LogP contribution is 2.27. The first-order valence-corrected chi connectivity index (χ1v) is 11.1. The van der Waals surface area contributed by atoms with Gasteiger partial charge in [-0.3, -0.25) is 10.1 Å². The minimum Gasteiger partial charge on any atom is -0.403 e. The smallest absolute Gasteiger partial charge is 0.322 e. The minimum absolute atomic E-state index is 0.0342. The number of benzene rings is 2. The molecule has 1 N–H and O–H groups in total. The summed E-state index contributed by atoms with van der Waals surface area (Å²) in [5.41, 5.74) is 0.504. The van der Waals surface area contributed by atoms with Gasteiger partial charge in [0.05, 0.1) is 10.6 Å². The van der Waals surface area contributed by atoms with E-state index in [4.69, 9.17) is 39.2 Å². The van der Waals surface area contributed by atoms with E-state index in [9.17, 15) is 13.2 Å². The Morgan fingerprint density at radius 3 is 2.28 bits per heavy atom. The molecule has 7 nitrogen and oxygen atoms in total. The van der Waals surface area contributed by atoms with Gasteiger partial charge in [-0.25, -0.2) is 8.42 Å². The molecule has 2 aromatic carbocycles. The average molecular weight is 475 g/mol.